The number of para-hydroxylation sites is 1. The summed E-state index contributed by atoms with van der Waals surface area (Å²) >= 11 is 0. The maximum absolute atomic E-state index is 13.7. The van der Waals surface area contributed by atoms with Crippen LogP contribution in [0.15, 0.2) is 29.3 Å². The van der Waals surface area contributed by atoms with E-state index in [0.29, 0.717) is 19.0 Å². The summed E-state index contributed by atoms with van der Waals surface area (Å²) in [4.78, 5) is 4.23. The number of guanidine groups is 1. The Balaban J connectivity index is 1.43. The molecular formula is C20H29FN6O. The third-order valence-corrected chi connectivity index (χ3v) is 4.77. The largest absolute Gasteiger partial charge is 0.486 e. The first kappa shape index (κ1) is 20.1. The van der Waals surface area contributed by atoms with Gasteiger partial charge >= 0.3 is 0 Å². The van der Waals surface area contributed by atoms with Crippen LogP contribution in [0, 0.1) is 5.82 Å². The van der Waals surface area contributed by atoms with Gasteiger partial charge in [-0.2, -0.15) is 0 Å². The number of fused-ring (bicyclic) bond motifs is 1. The van der Waals surface area contributed by atoms with Crippen LogP contribution in [0.1, 0.15) is 37.8 Å². The van der Waals surface area contributed by atoms with Crippen LogP contribution in [0.4, 0.5) is 4.39 Å². The molecule has 0 bridgehead atoms. The Morgan fingerprint density at radius 3 is 2.93 bits per heavy atom. The normalized spacial score (nSPS) is 15.5. The number of hydrogen-bond donors (Lipinski definition) is 2. The van der Waals surface area contributed by atoms with Crippen molar-refractivity contribution in [2.45, 2.75) is 51.7 Å². The fourth-order valence-electron chi connectivity index (χ4n) is 3.28. The molecule has 0 saturated heterocycles. The van der Waals surface area contributed by atoms with Gasteiger partial charge in [0, 0.05) is 33.0 Å². The maximum atomic E-state index is 13.7. The van der Waals surface area contributed by atoms with E-state index < -0.39 is 0 Å². The van der Waals surface area contributed by atoms with Crippen LogP contribution in [0.2, 0.25) is 0 Å². The standard InChI is InChI=1S/C20H29FN6O/c1-15(28-17-9-6-5-8-16(17)21)14-24-20(22-2)23-12-11-19-26-25-18-10-4-3-7-13-27(18)19/h5-6,8-9,15H,3-4,7,10-14H2,1-2H3,(H2,22,23,24). The molecule has 0 amide bonds. The molecule has 0 fully saturated rings. The van der Waals surface area contributed by atoms with Crippen molar-refractivity contribution in [3.8, 4) is 5.75 Å². The van der Waals surface area contributed by atoms with E-state index in [1.807, 2.05) is 6.92 Å². The van der Waals surface area contributed by atoms with Gasteiger partial charge in [-0.15, -0.1) is 10.2 Å². The number of hydrogen-bond acceptors (Lipinski definition) is 4. The minimum absolute atomic E-state index is 0.206. The maximum Gasteiger partial charge on any atom is 0.191 e. The third-order valence-electron chi connectivity index (χ3n) is 4.77. The first-order chi connectivity index (χ1) is 13.7. The lowest BCUT2D eigenvalue weighted by atomic mass is 10.2. The Morgan fingerprint density at radius 1 is 1.25 bits per heavy atom. The third kappa shape index (κ3) is 5.43. The van der Waals surface area contributed by atoms with Crippen LogP contribution in [-0.2, 0) is 19.4 Å². The summed E-state index contributed by atoms with van der Waals surface area (Å²) in [5.41, 5.74) is 0. The van der Waals surface area contributed by atoms with Gasteiger partial charge < -0.3 is 19.9 Å². The fourth-order valence-corrected chi connectivity index (χ4v) is 3.28. The highest BCUT2D eigenvalue weighted by Gasteiger charge is 2.14. The topological polar surface area (TPSA) is 76.4 Å². The highest BCUT2D eigenvalue weighted by molar-refractivity contribution is 5.79. The lowest BCUT2D eigenvalue weighted by molar-refractivity contribution is 0.214. The molecule has 28 heavy (non-hydrogen) atoms. The Labute approximate surface area is 165 Å². The minimum Gasteiger partial charge on any atom is -0.486 e. The van der Waals surface area contributed by atoms with E-state index in [2.05, 4.69) is 30.4 Å². The summed E-state index contributed by atoms with van der Waals surface area (Å²) in [5.74, 6) is 2.71. The molecule has 1 aliphatic heterocycles. The van der Waals surface area contributed by atoms with Crippen molar-refractivity contribution in [1.82, 2.24) is 25.4 Å². The van der Waals surface area contributed by atoms with Crippen LogP contribution < -0.4 is 15.4 Å². The van der Waals surface area contributed by atoms with Crippen LogP contribution in [-0.4, -0.2) is 47.0 Å². The van der Waals surface area contributed by atoms with Gasteiger partial charge in [0.15, 0.2) is 17.5 Å². The SMILES string of the molecule is CN=C(NCCc1nnc2n1CCCCC2)NCC(C)Oc1ccccc1F. The van der Waals surface area contributed by atoms with Crippen LogP contribution in [0.3, 0.4) is 0 Å². The van der Waals surface area contributed by atoms with Gasteiger partial charge in [0.25, 0.3) is 0 Å². The molecule has 0 aliphatic carbocycles. The minimum atomic E-state index is -0.357. The van der Waals surface area contributed by atoms with E-state index >= 15 is 0 Å². The molecule has 152 valence electrons. The molecule has 2 aromatic rings. The molecular weight excluding hydrogens is 359 g/mol. The molecule has 0 spiro atoms. The van der Waals surface area contributed by atoms with Crippen molar-refractivity contribution in [3.63, 3.8) is 0 Å². The van der Waals surface area contributed by atoms with Gasteiger partial charge in [-0.3, -0.25) is 4.99 Å². The fraction of sp³-hybridized carbons (Fsp3) is 0.550. The van der Waals surface area contributed by atoms with Crippen LogP contribution in [0.5, 0.6) is 5.75 Å². The van der Waals surface area contributed by atoms with E-state index in [9.17, 15) is 4.39 Å². The number of halogens is 1. The molecule has 2 heterocycles. The predicted molar refractivity (Wildman–Crippen MR) is 107 cm³/mol. The van der Waals surface area contributed by atoms with E-state index in [4.69, 9.17) is 4.74 Å². The van der Waals surface area contributed by atoms with Gasteiger partial charge in [0.2, 0.25) is 0 Å². The molecule has 1 atom stereocenters. The summed E-state index contributed by atoms with van der Waals surface area (Å²) in [6, 6.07) is 6.41. The summed E-state index contributed by atoms with van der Waals surface area (Å²) in [5, 5.41) is 15.2. The Morgan fingerprint density at radius 2 is 2.11 bits per heavy atom. The quantitative estimate of drug-likeness (QED) is 0.562. The average Bonchev–Trinajstić information content (AvgIpc) is 2.92. The zero-order chi connectivity index (χ0) is 19.8. The van der Waals surface area contributed by atoms with Gasteiger partial charge in [0.05, 0.1) is 6.54 Å². The summed E-state index contributed by atoms with van der Waals surface area (Å²) in [6.07, 6.45) is 5.24. The molecule has 0 radical (unpaired) electrons. The van der Waals surface area contributed by atoms with E-state index in [1.165, 1.54) is 25.3 Å². The molecule has 1 aromatic heterocycles. The average molecular weight is 388 g/mol. The van der Waals surface area contributed by atoms with Crippen molar-refractivity contribution in [3.05, 3.63) is 41.7 Å². The monoisotopic (exact) mass is 388 g/mol. The van der Waals surface area contributed by atoms with Crippen LogP contribution >= 0.6 is 0 Å². The Bertz CT molecular complexity index is 791. The molecule has 1 aliphatic rings. The van der Waals surface area contributed by atoms with Crippen molar-refractivity contribution in [1.29, 1.82) is 0 Å². The first-order valence-corrected chi connectivity index (χ1v) is 9.94. The Hall–Kier alpha value is -2.64. The molecule has 2 N–H and O–H groups in total. The second-order valence-corrected chi connectivity index (χ2v) is 6.98. The lowest BCUT2D eigenvalue weighted by Gasteiger charge is -2.18. The van der Waals surface area contributed by atoms with Crippen molar-refractivity contribution in [2.24, 2.45) is 4.99 Å². The van der Waals surface area contributed by atoms with Crippen molar-refractivity contribution >= 4 is 5.96 Å². The summed E-state index contributed by atoms with van der Waals surface area (Å²) in [7, 11) is 1.72. The number of rotatable bonds is 7. The van der Waals surface area contributed by atoms with Crippen LogP contribution in [0.25, 0.3) is 0 Å². The summed E-state index contributed by atoms with van der Waals surface area (Å²) < 4.78 is 21.6. The number of aliphatic imine (C=N–C) groups is 1. The highest BCUT2D eigenvalue weighted by atomic mass is 19.1. The van der Waals surface area contributed by atoms with Gasteiger partial charge in [-0.1, -0.05) is 18.6 Å². The second kappa shape index (κ2) is 10.1. The van der Waals surface area contributed by atoms with Crippen molar-refractivity contribution in [2.75, 3.05) is 20.1 Å². The number of ether oxygens (including phenoxy) is 1. The summed E-state index contributed by atoms with van der Waals surface area (Å²) in [6.45, 7) is 4.11. The number of aryl methyl sites for hydroxylation is 1. The molecule has 1 unspecified atom stereocenters. The van der Waals surface area contributed by atoms with Gasteiger partial charge in [-0.05, 0) is 31.9 Å². The predicted octanol–water partition coefficient (Wildman–Crippen LogP) is 2.32. The smallest absolute Gasteiger partial charge is 0.191 e. The first-order valence-electron chi connectivity index (χ1n) is 9.94. The highest BCUT2D eigenvalue weighted by Crippen LogP contribution is 2.17. The number of aromatic nitrogens is 3. The van der Waals surface area contributed by atoms with E-state index in [0.717, 1.165) is 31.0 Å². The number of benzene rings is 1. The molecule has 3 rings (SSSR count). The molecule has 1 aromatic carbocycles. The zero-order valence-corrected chi connectivity index (χ0v) is 16.6. The molecule has 8 heteroatoms. The van der Waals surface area contributed by atoms with E-state index in [-0.39, 0.29) is 17.7 Å². The zero-order valence-electron chi connectivity index (χ0n) is 16.6. The lowest BCUT2D eigenvalue weighted by Crippen LogP contribution is -2.42. The Kier molecular flexibility index (Phi) is 7.22. The second-order valence-electron chi connectivity index (χ2n) is 6.98. The number of nitrogens with zero attached hydrogens (tertiary/aromatic N) is 4. The van der Waals surface area contributed by atoms with Crippen molar-refractivity contribution < 1.29 is 9.13 Å². The number of nitrogens with one attached hydrogen (secondary N) is 2. The van der Waals surface area contributed by atoms with Gasteiger partial charge in [-0.25, -0.2) is 4.39 Å². The molecule has 7 nitrogen and oxygen atoms in total. The van der Waals surface area contributed by atoms with Gasteiger partial charge in [0.1, 0.15) is 17.8 Å². The molecule has 0 saturated carbocycles. The van der Waals surface area contributed by atoms with E-state index in [1.54, 1.807) is 25.2 Å².